The molecule has 1 amide bonds. The van der Waals surface area contributed by atoms with E-state index in [2.05, 4.69) is 0 Å². The molecule has 1 unspecified atom stereocenters. The third kappa shape index (κ3) is 7.00. The highest BCUT2D eigenvalue weighted by Gasteiger charge is 2.28. The molecule has 0 aliphatic carbocycles. The van der Waals surface area contributed by atoms with Crippen LogP contribution in [0.1, 0.15) is 63.5 Å². The zero-order chi connectivity index (χ0) is 20.4. The molecule has 1 aromatic carbocycles. The summed E-state index contributed by atoms with van der Waals surface area (Å²) >= 11 is 0. The fraction of sp³-hybridized carbons (Fsp3) is 0.545. The number of rotatable bonds is 12. The average molecular weight is 389 g/mol. The van der Waals surface area contributed by atoms with Crippen molar-refractivity contribution in [3.05, 3.63) is 42.0 Å². The van der Waals surface area contributed by atoms with E-state index in [4.69, 9.17) is 9.84 Å². The highest BCUT2D eigenvalue weighted by molar-refractivity contribution is 5.79. The molecule has 0 radical (unpaired) electrons. The highest BCUT2D eigenvalue weighted by Crippen LogP contribution is 2.24. The Balaban J connectivity index is 1.84. The number of hydrogen-bond acceptors (Lipinski definition) is 4. The molecular formula is C22H31NO5. The summed E-state index contributed by atoms with van der Waals surface area (Å²) in [7, 11) is 0. The second kappa shape index (κ2) is 11.5. The van der Waals surface area contributed by atoms with Gasteiger partial charge in [0.2, 0.25) is 5.91 Å². The van der Waals surface area contributed by atoms with Crippen LogP contribution in [0.15, 0.2) is 36.4 Å². The maximum atomic E-state index is 12.2. The molecule has 1 aromatic rings. The van der Waals surface area contributed by atoms with Crippen LogP contribution in [0, 0.1) is 0 Å². The maximum Gasteiger partial charge on any atom is 0.303 e. The number of ether oxygens (including phenoxy) is 1. The standard InChI is InChI=1S/C22H31NO5/c1-2-28-19-9-7-8-17(16-19)20(24)13-11-18-12-14-21(25)23(18)15-6-4-3-5-10-22(26)27/h7-9,11,13,16,18,20,24H,2-6,10,12,14-15H2,1H3,(H,26,27)/b13-11+/t18?,20-/m1/s1. The van der Waals surface area contributed by atoms with E-state index in [0.29, 0.717) is 26.0 Å². The number of likely N-dealkylation sites (tertiary alicyclic amines) is 1. The van der Waals surface area contributed by atoms with Crippen LogP contribution in [0.25, 0.3) is 0 Å². The van der Waals surface area contributed by atoms with Crippen molar-refractivity contribution in [1.29, 1.82) is 0 Å². The van der Waals surface area contributed by atoms with Crippen molar-refractivity contribution in [3.63, 3.8) is 0 Å². The van der Waals surface area contributed by atoms with Gasteiger partial charge in [-0.1, -0.05) is 37.1 Å². The van der Waals surface area contributed by atoms with Gasteiger partial charge >= 0.3 is 5.97 Å². The van der Waals surface area contributed by atoms with Crippen molar-refractivity contribution in [2.24, 2.45) is 0 Å². The number of aliphatic hydroxyl groups excluding tert-OH is 1. The Morgan fingerprint density at radius 1 is 1.32 bits per heavy atom. The minimum absolute atomic E-state index is 0.0104. The van der Waals surface area contributed by atoms with E-state index in [-0.39, 0.29) is 18.4 Å². The summed E-state index contributed by atoms with van der Waals surface area (Å²) in [5.41, 5.74) is 0.761. The summed E-state index contributed by atoms with van der Waals surface area (Å²) in [6.07, 6.45) is 7.76. The topological polar surface area (TPSA) is 87.1 Å². The zero-order valence-corrected chi connectivity index (χ0v) is 16.5. The lowest BCUT2D eigenvalue weighted by atomic mass is 10.1. The summed E-state index contributed by atoms with van der Waals surface area (Å²) < 4.78 is 5.47. The van der Waals surface area contributed by atoms with E-state index in [0.717, 1.165) is 37.0 Å². The highest BCUT2D eigenvalue weighted by atomic mass is 16.5. The second-order valence-electron chi connectivity index (χ2n) is 7.09. The number of nitrogens with zero attached hydrogens (tertiary/aromatic N) is 1. The summed E-state index contributed by atoms with van der Waals surface area (Å²) in [6, 6.07) is 7.40. The molecule has 0 spiro atoms. The molecule has 1 heterocycles. The Bertz CT molecular complexity index is 673. The number of carbonyl (C=O) groups excluding carboxylic acids is 1. The van der Waals surface area contributed by atoms with Gasteiger partial charge < -0.3 is 19.8 Å². The Morgan fingerprint density at radius 2 is 2.11 bits per heavy atom. The number of amides is 1. The molecule has 1 fully saturated rings. The largest absolute Gasteiger partial charge is 0.494 e. The predicted octanol–water partition coefficient (Wildman–Crippen LogP) is 3.70. The molecule has 0 aromatic heterocycles. The monoisotopic (exact) mass is 389 g/mol. The van der Waals surface area contributed by atoms with Gasteiger partial charge in [-0.25, -0.2) is 0 Å². The number of benzene rings is 1. The SMILES string of the molecule is CCOc1cccc([C@H](O)/C=C/C2CCC(=O)N2CCCCCCC(=O)O)c1. The van der Waals surface area contributed by atoms with Gasteiger partial charge in [0.25, 0.3) is 0 Å². The van der Waals surface area contributed by atoms with Gasteiger partial charge in [-0.15, -0.1) is 0 Å². The molecule has 6 nitrogen and oxygen atoms in total. The van der Waals surface area contributed by atoms with Crippen LogP contribution in [0.4, 0.5) is 0 Å². The molecule has 154 valence electrons. The summed E-state index contributed by atoms with van der Waals surface area (Å²) in [5, 5.41) is 19.1. The van der Waals surface area contributed by atoms with Gasteiger partial charge in [-0.05, 0) is 43.9 Å². The predicted molar refractivity (Wildman–Crippen MR) is 107 cm³/mol. The molecule has 0 saturated carbocycles. The molecule has 1 aliphatic rings. The number of aliphatic carboxylic acids is 1. The summed E-state index contributed by atoms with van der Waals surface area (Å²) in [4.78, 5) is 24.6. The van der Waals surface area contributed by atoms with E-state index in [1.54, 1.807) is 6.08 Å². The van der Waals surface area contributed by atoms with Gasteiger partial charge in [0.05, 0.1) is 18.8 Å². The average Bonchev–Trinajstić information content (AvgIpc) is 3.02. The van der Waals surface area contributed by atoms with E-state index >= 15 is 0 Å². The van der Waals surface area contributed by atoms with Gasteiger partial charge in [0, 0.05) is 19.4 Å². The summed E-state index contributed by atoms with van der Waals surface area (Å²) in [5.74, 6) is 0.117. The Labute approximate surface area is 166 Å². The number of carbonyl (C=O) groups is 2. The van der Waals surface area contributed by atoms with E-state index in [9.17, 15) is 14.7 Å². The first kappa shape index (κ1) is 22.0. The lowest BCUT2D eigenvalue weighted by molar-refractivity contribution is -0.137. The fourth-order valence-electron chi connectivity index (χ4n) is 3.46. The number of aliphatic hydroxyl groups is 1. The van der Waals surface area contributed by atoms with Crippen LogP contribution in [-0.2, 0) is 9.59 Å². The first-order valence-corrected chi connectivity index (χ1v) is 10.1. The van der Waals surface area contributed by atoms with Crippen LogP contribution in [0.5, 0.6) is 5.75 Å². The fourth-order valence-corrected chi connectivity index (χ4v) is 3.46. The zero-order valence-electron chi connectivity index (χ0n) is 16.5. The molecule has 28 heavy (non-hydrogen) atoms. The molecule has 1 saturated heterocycles. The number of hydrogen-bond donors (Lipinski definition) is 2. The minimum Gasteiger partial charge on any atom is -0.494 e. The first-order valence-electron chi connectivity index (χ1n) is 10.1. The van der Waals surface area contributed by atoms with Crippen molar-refractivity contribution in [2.45, 2.75) is 64.0 Å². The van der Waals surface area contributed by atoms with E-state index in [1.807, 2.05) is 42.2 Å². The van der Waals surface area contributed by atoms with Crippen molar-refractivity contribution < 1.29 is 24.5 Å². The lowest BCUT2D eigenvalue weighted by Gasteiger charge is -2.22. The van der Waals surface area contributed by atoms with E-state index in [1.165, 1.54) is 0 Å². The Kier molecular flexibility index (Phi) is 9.01. The van der Waals surface area contributed by atoms with Crippen molar-refractivity contribution in [1.82, 2.24) is 4.90 Å². The Morgan fingerprint density at radius 3 is 2.86 bits per heavy atom. The second-order valence-corrected chi connectivity index (χ2v) is 7.09. The van der Waals surface area contributed by atoms with Crippen molar-refractivity contribution in [3.8, 4) is 5.75 Å². The van der Waals surface area contributed by atoms with Crippen molar-refractivity contribution >= 4 is 11.9 Å². The third-order valence-corrected chi connectivity index (χ3v) is 4.94. The molecule has 6 heteroatoms. The molecule has 2 atom stereocenters. The van der Waals surface area contributed by atoms with Crippen LogP contribution < -0.4 is 4.74 Å². The van der Waals surface area contributed by atoms with Gasteiger partial charge in [0.15, 0.2) is 0 Å². The third-order valence-electron chi connectivity index (χ3n) is 4.94. The minimum atomic E-state index is -0.759. The molecule has 2 N–H and O–H groups in total. The van der Waals surface area contributed by atoms with Crippen LogP contribution in [0.2, 0.25) is 0 Å². The normalized spacial score (nSPS) is 18.0. The number of carboxylic acids is 1. The van der Waals surface area contributed by atoms with Crippen LogP contribution in [-0.4, -0.2) is 46.2 Å². The quantitative estimate of drug-likeness (QED) is 0.420. The lowest BCUT2D eigenvalue weighted by Crippen LogP contribution is -2.32. The van der Waals surface area contributed by atoms with Crippen LogP contribution in [0.3, 0.4) is 0 Å². The summed E-state index contributed by atoms with van der Waals surface area (Å²) in [6.45, 7) is 3.17. The Hall–Kier alpha value is -2.34. The smallest absolute Gasteiger partial charge is 0.303 e. The molecule has 2 rings (SSSR count). The first-order chi connectivity index (χ1) is 13.5. The van der Waals surface area contributed by atoms with Gasteiger partial charge in [0.1, 0.15) is 5.75 Å². The van der Waals surface area contributed by atoms with E-state index < -0.39 is 12.1 Å². The molecular weight excluding hydrogens is 358 g/mol. The molecule has 1 aliphatic heterocycles. The van der Waals surface area contributed by atoms with Gasteiger partial charge in [-0.2, -0.15) is 0 Å². The van der Waals surface area contributed by atoms with Gasteiger partial charge in [-0.3, -0.25) is 9.59 Å². The maximum absolute atomic E-state index is 12.2. The van der Waals surface area contributed by atoms with Crippen LogP contribution >= 0.6 is 0 Å². The molecule has 0 bridgehead atoms. The number of unbranched alkanes of at least 4 members (excludes halogenated alkanes) is 3. The van der Waals surface area contributed by atoms with Crippen molar-refractivity contribution in [2.75, 3.05) is 13.2 Å². The number of carboxylic acid groups (broad SMARTS) is 1.